The number of methoxy groups -OCH3 is 4. The highest BCUT2D eigenvalue weighted by molar-refractivity contribution is 5.95. The highest BCUT2D eigenvalue weighted by Gasteiger charge is 2.33. The summed E-state index contributed by atoms with van der Waals surface area (Å²) in [5, 5.41) is 0. The average Bonchev–Trinajstić information content (AvgIpc) is 2.90. The Hall–Kier alpha value is -3.87. The number of nitrogens with zero attached hydrogens (tertiary/aromatic N) is 1. The number of hydrogen-bond donors (Lipinski definition) is 0. The van der Waals surface area contributed by atoms with Gasteiger partial charge in [0, 0.05) is 12.1 Å². The van der Waals surface area contributed by atoms with Crippen LogP contribution in [-0.4, -0.2) is 52.4 Å². The van der Waals surface area contributed by atoms with Crippen LogP contribution in [0, 0.1) is 0 Å². The maximum absolute atomic E-state index is 13.6. The van der Waals surface area contributed by atoms with E-state index >= 15 is 0 Å². The van der Waals surface area contributed by atoms with Crippen molar-refractivity contribution in [1.29, 1.82) is 0 Å². The Morgan fingerprint density at radius 1 is 0.824 bits per heavy atom. The lowest BCUT2D eigenvalue weighted by Gasteiger charge is -2.37. The van der Waals surface area contributed by atoms with Crippen LogP contribution in [0.1, 0.15) is 27.5 Å². The quantitative estimate of drug-likeness (QED) is 0.489. The van der Waals surface area contributed by atoms with Crippen molar-refractivity contribution in [1.82, 2.24) is 4.90 Å². The van der Waals surface area contributed by atoms with Crippen LogP contribution >= 0.6 is 0 Å². The van der Waals surface area contributed by atoms with Crippen molar-refractivity contribution < 1.29 is 28.5 Å². The minimum absolute atomic E-state index is 0.0809. The van der Waals surface area contributed by atoms with Crippen LogP contribution in [0.15, 0.2) is 60.7 Å². The van der Waals surface area contributed by atoms with Crippen molar-refractivity contribution in [3.8, 4) is 28.7 Å². The van der Waals surface area contributed by atoms with E-state index in [9.17, 15) is 4.79 Å². The van der Waals surface area contributed by atoms with E-state index in [1.165, 1.54) is 0 Å². The molecule has 1 aliphatic heterocycles. The zero-order valence-corrected chi connectivity index (χ0v) is 19.9. The minimum Gasteiger partial charge on any atom is -0.497 e. The van der Waals surface area contributed by atoms with Gasteiger partial charge in [-0.25, -0.2) is 0 Å². The van der Waals surface area contributed by atoms with Crippen LogP contribution in [0.5, 0.6) is 28.7 Å². The molecule has 1 heterocycles. The molecule has 178 valence electrons. The van der Waals surface area contributed by atoms with Gasteiger partial charge in [0.1, 0.15) is 23.9 Å². The Bertz CT molecular complexity index is 1140. The number of carbonyl (C=O) groups is 1. The normalized spacial score (nSPS) is 14.7. The molecule has 1 atom stereocenters. The predicted molar refractivity (Wildman–Crippen MR) is 129 cm³/mol. The fraction of sp³-hybridized carbons (Fsp3) is 0.296. The molecule has 0 saturated carbocycles. The van der Waals surface area contributed by atoms with Crippen molar-refractivity contribution in [3.63, 3.8) is 0 Å². The molecule has 0 radical (unpaired) electrons. The Labute approximate surface area is 199 Å². The molecule has 0 aromatic heterocycles. The van der Waals surface area contributed by atoms with Crippen LogP contribution in [0.4, 0.5) is 0 Å². The second-order valence-corrected chi connectivity index (χ2v) is 7.89. The zero-order chi connectivity index (χ0) is 24.1. The third-order valence-corrected chi connectivity index (χ3v) is 6.05. The third-order valence-electron chi connectivity index (χ3n) is 6.05. The highest BCUT2D eigenvalue weighted by atomic mass is 16.5. The molecule has 7 heteroatoms. The lowest BCUT2D eigenvalue weighted by atomic mass is 9.91. The van der Waals surface area contributed by atoms with E-state index in [1.54, 1.807) is 40.6 Å². The zero-order valence-electron chi connectivity index (χ0n) is 19.9. The van der Waals surface area contributed by atoms with Crippen LogP contribution in [-0.2, 0) is 6.42 Å². The molecule has 7 nitrogen and oxygen atoms in total. The second-order valence-electron chi connectivity index (χ2n) is 7.89. The van der Waals surface area contributed by atoms with E-state index in [-0.39, 0.29) is 18.6 Å². The Balaban J connectivity index is 1.69. The van der Waals surface area contributed by atoms with E-state index in [2.05, 4.69) is 0 Å². The first kappa shape index (κ1) is 23.3. The fourth-order valence-electron chi connectivity index (χ4n) is 4.22. The van der Waals surface area contributed by atoms with Gasteiger partial charge in [-0.1, -0.05) is 6.07 Å². The maximum atomic E-state index is 13.6. The topological polar surface area (TPSA) is 66.5 Å². The largest absolute Gasteiger partial charge is 0.497 e. The smallest absolute Gasteiger partial charge is 0.254 e. The monoisotopic (exact) mass is 463 g/mol. The minimum atomic E-state index is -0.315. The fourth-order valence-corrected chi connectivity index (χ4v) is 4.22. The summed E-state index contributed by atoms with van der Waals surface area (Å²) in [5.74, 6) is 3.29. The van der Waals surface area contributed by atoms with Gasteiger partial charge in [-0.05, 0) is 72.1 Å². The summed E-state index contributed by atoms with van der Waals surface area (Å²) in [6.07, 6.45) is 0.699. The van der Waals surface area contributed by atoms with Crippen molar-refractivity contribution >= 4 is 5.91 Å². The second kappa shape index (κ2) is 10.4. The highest BCUT2D eigenvalue weighted by Crippen LogP contribution is 2.39. The van der Waals surface area contributed by atoms with Gasteiger partial charge in [-0.3, -0.25) is 4.79 Å². The first-order valence-electron chi connectivity index (χ1n) is 11.0. The molecule has 0 aliphatic carbocycles. The van der Waals surface area contributed by atoms with Gasteiger partial charge in [0.15, 0.2) is 11.5 Å². The number of amides is 1. The summed E-state index contributed by atoms with van der Waals surface area (Å²) in [5.41, 5.74) is 2.65. The first-order chi connectivity index (χ1) is 16.6. The van der Waals surface area contributed by atoms with E-state index in [4.69, 9.17) is 23.7 Å². The molecule has 1 aliphatic rings. The maximum Gasteiger partial charge on any atom is 0.254 e. The van der Waals surface area contributed by atoms with E-state index in [0.29, 0.717) is 41.5 Å². The number of ether oxygens (including phenoxy) is 5. The summed E-state index contributed by atoms with van der Waals surface area (Å²) in [6, 6.07) is 18.2. The molecular formula is C27H29NO6. The van der Waals surface area contributed by atoms with Gasteiger partial charge in [0.25, 0.3) is 5.91 Å². The van der Waals surface area contributed by atoms with Crippen molar-refractivity contribution in [2.45, 2.75) is 12.5 Å². The summed E-state index contributed by atoms with van der Waals surface area (Å²) >= 11 is 0. The predicted octanol–water partition coefficient (Wildman–Crippen LogP) is 4.54. The molecule has 1 amide bonds. The van der Waals surface area contributed by atoms with Gasteiger partial charge in [0.2, 0.25) is 0 Å². The van der Waals surface area contributed by atoms with E-state index in [1.807, 2.05) is 53.4 Å². The van der Waals surface area contributed by atoms with Gasteiger partial charge < -0.3 is 28.6 Å². The molecule has 4 rings (SSSR count). The van der Waals surface area contributed by atoms with E-state index in [0.717, 1.165) is 16.9 Å². The summed E-state index contributed by atoms with van der Waals surface area (Å²) in [4.78, 5) is 15.5. The number of fused-ring (bicyclic) bond motifs is 1. The van der Waals surface area contributed by atoms with Gasteiger partial charge >= 0.3 is 0 Å². The molecule has 3 aromatic carbocycles. The molecule has 0 N–H and O–H groups in total. The standard InChI is InChI=1S/C27H29NO6/c1-30-20-8-10-21(11-9-20)34-17-24-23-16-26(33-4)25(32-3)15-18(23)12-13-28(24)27(29)19-6-5-7-22(14-19)31-2/h5-11,14-16,24H,12-13,17H2,1-4H3/t24-/m1/s1. The Morgan fingerprint density at radius 3 is 2.18 bits per heavy atom. The van der Waals surface area contributed by atoms with Crippen LogP contribution in [0.2, 0.25) is 0 Å². The van der Waals surface area contributed by atoms with E-state index < -0.39 is 0 Å². The third kappa shape index (κ3) is 4.73. The number of rotatable bonds is 8. The Kier molecular flexibility index (Phi) is 7.11. The molecule has 0 spiro atoms. The molecule has 34 heavy (non-hydrogen) atoms. The molecular weight excluding hydrogens is 434 g/mol. The number of benzene rings is 3. The Morgan fingerprint density at radius 2 is 1.50 bits per heavy atom. The van der Waals surface area contributed by atoms with Gasteiger partial charge in [-0.2, -0.15) is 0 Å². The summed E-state index contributed by atoms with van der Waals surface area (Å²) < 4.78 is 27.7. The SMILES string of the molecule is COc1ccc(OC[C@@H]2c3cc(OC)c(OC)cc3CCN2C(=O)c2cccc(OC)c2)cc1. The lowest BCUT2D eigenvalue weighted by molar-refractivity contribution is 0.0589. The number of hydrogen-bond acceptors (Lipinski definition) is 6. The number of carbonyl (C=O) groups excluding carboxylic acids is 1. The van der Waals surface area contributed by atoms with Gasteiger partial charge in [0.05, 0.1) is 34.5 Å². The molecule has 0 bridgehead atoms. The van der Waals surface area contributed by atoms with Crippen LogP contribution in [0.3, 0.4) is 0 Å². The van der Waals surface area contributed by atoms with Crippen molar-refractivity contribution in [2.75, 3.05) is 41.6 Å². The lowest BCUT2D eigenvalue weighted by Crippen LogP contribution is -2.42. The van der Waals surface area contributed by atoms with Crippen LogP contribution < -0.4 is 23.7 Å². The molecule has 0 unspecified atom stereocenters. The van der Waals surface area contributed by atoms with Crippen molar-refractivity contribution in [3.05, 3.63) is 77.4 Å². The molecule has 3 aromatic rings. The van der Waals surface area contributed by atoms with Gasteiger partial charge in [-0.15, -0.1) is 0 Å². The van der Waals surface area contributed by atoms with Crippen molar-refractivity contribution in [2.24, 2.45) is 0 Å². The van der Waals surface area contributed by atoms with Crippen LogP contribution in [0.25, 0.3) is 0 Å². The molecule has 0 saturated heterocycles. The summed E-state index contributed by atoms with van der Waals surface area (Å²) in [7, 11) is 6.44. The summed E-state index contributed by atoms with van der Waals surface area (Å²) in [6.45, 7) is 0.833. The molecule has 0 fully saturated rings. The first-order valence-corrected chi connectivity index (χ1v) is 11.0. The average molecular weight is 464 g/mol.